The quantitative estimate of drug-likeness (QED) is 0.650. The molecule has 0 spiro atoms. The first-order valence-electron chi connectivity index (χ1n) is 9.19. The Morgan fingerprint density at radius 2 is 1.93 bits per heavy atom. The summed E-state index contributed by atoms with van der Waals surface area (Å²) < 4.78 is 0. The zero-order valence-corrected chi connectivity index (χ0v) is 16.7. The summed E-state index contributed by atoms with van der Waals surface area (Å²) in [5, 5.41) is 4.98. The maximum Gasteiger partial charge on any atom is 0.261 e. The van der Waals surface area contributed by atoms with Gasteiger partial charge in [0.05, 0.1) is 16.8 Å². The third kappa shape index (κ3) is 3.42. The number of rotatable bonds is 5. The Kier molecular flexibility index (Phi) is 4.94. The number of hydrogen-bond donors (Lipinski definition) is 1. The van der Waals surface area contributed by atoms with E-state index < -0.39 is 5.91 Å². The zero-order valence-electron chi connectivity index (χ0n) is 15.9. The van der Waals surface area contributed by atoms with Crippen LogP contribution in [0.1, 0.15) is 51.3 Å². The van der Waals surface area contributed by atoms with Crippen molar-refractivity contribution in [3.05, 3.63) is 64.7 Å². The summed E-state index contributed by atoms with van der Waals surface area (Å²) in [4.78, 5) is 47.7. The number of pyridine rings is 1. The molecular formula is C21H18N4O3S. The van der Waals surface area contributed by atoms with Crippen molar-refractivity contribution in [2.75, 3.05) is 5.32 Å². The highest BCUT2D eigenvalue weighted by Gasteiger charge is 2.38. The second-order valence-electron chi connectivity index (χ2n) is 6.70. The molecular weight excluding hydrogens is 388 g/mol. The largest absolute Gasteiger partial charge is 0.298 e. The molecule has 2 aromatic heterocycles. The van der Waals surface area contributed by atoms with Gasteiger partial charge in [-0.3, -0.25) is 29.6 Å². The van der Waals surface area contributed by atoms with Crippen LogP contribution in [-0.2, 0) is 0 Å². The molecule has 0 saturated carbocycles. The van der Waals surface area contributed by atoms with Crippen LogP contribution in [0.2, 0.25) is 0 Å². The van der Waals surface area contributed by atoms with Crippen LogP contribution in [0.15, 0.2) is 48.0 Å². The summed E-state index contributed by atoms with van der Waals surface area (Å²) >= 11 is 1.29. The van der Waals surface area contributed by atoms with Crippen LogP contribution < -0.4 is 5.32 Å². The second kappa shape index (κ2) is 7.56. The number of aromatic nitrogens is 2. The summed E-state index contributed by atoms with van der Waals surface area (Å²) in [5.74, 6) is -1.07. The number of hydrogen-bond acceptors (Lipinski definition) is 6. The molecule has 0 fully saturated rings. The SMILES string of the molecule is CCC(C)N1C(=O)c2ccc(C(=O)Nc3nc(-c4ccccn4)cs3)cc2C1=O. The highest BCUT2D eigenvalue weighted by atomic mass is 32.1. The van der Waals surface area contributed by atoms with Crippen molar-refractivity contribution in [2.24, 2.45) is 0 Å². The van der Waals surface area contributed by atoms with Crippen LogP contribution in [0.4, 0.5) is 5.13 Å². The molecule has 3 heterocycles. The zero-order chi connectivity index (χ0) is 20.5. The van der Waals surface area contributed by atoms with Crippen LogP contribution in [-0.4, -0.2) is 38.6 Å². The van der Waals surface area contributed by atoms with E-state index in [-0.39, 0.29) is 23.4 Å². The summed E-state index contributed by atoms with van der Waals surface area (Å²) in [7, 11) is 0. The minimum absolute atomic E-state index is 0.194. The van der Waals surface area contributed by atoms with E-state index in [9.17, 15) is 14.4 Å². The number of carbonyl (C=O) groups excluding carboxylic acids is 3. The Balaban J connectivity index is 1.55. The summed E-state index contributed by atoms with van der Waals surface area (Å²) in [5.41, 5.74) is 2.28. The fourth-order valence-electron chi connectivity index (χ4n) is 3.12. The number of amides is 3. The summed E-state index contributed by atoms with van der Waals surface area (Å²) in [6, 6.07) is 9.89. The van der Waals surface area contributed by atoms with Gasteiger partial charge in [0, 0.05) is 23.2 Å². The average Bonchev–Trinajstić information content (AvgIpc) is 3.31. The summed E-state index contributed by atoms with van der Waals surface area (Å²) in [6.07, 6.45) is 2.35. The second-order valence-corrected chi connectivity index (χ2v) is 7.56. The molecule has 4 rings (SSSR count). The van der Waals surface area contributed by atoms with Gasteiger partial charge in [0.1, 0.15) is 5.69 Å². The lowest BCUT2D eigenvalue weighted by Gasteiger charge is -2.20. The topological polar surface area (TPSA) is 92.3 Å². The number of nitrogens with zero attached hydrogens (tertiary/aromatic N) is 3. The van der Waals surface area contributed by atoms with Crippen molar-refractivity contribution in [2.45, 2.75) is 26.3 Å². The molecule has 1 aromatic carbocycles. The van der Waals surface area contributed by atoms with Crippen LogP contribution in [0.5, 0.6) is 0 Å². The molecule has 0 saturated heterocycles. The highest BCUT2D eigenvalue weighted by molar-refractivity contribution is 7.14. The molecule has 1 unspecified atom stereocenters. The van der Waals surface area contributed by atoms with Gasteiger partial charge in [0.2, 0.25) is 0 Å². The van der Waals surface area contributed by atoms with Gasteiger partial charge in [-0.15, -0.1) is 11.3 Å². The maximum atomic E-state index is 12.7. The first-order valence-corrected chi connectivity index (χ1v) is 10.1. The molecule has 3 aromatic rings. The van der Waals surface area contributed by atoms with Crippen molar-refractivity contribution >= 4 is 34.2 Å². The monoisotopic (exact) mass is 406 g/mol. The molecule has 0 bridgehead atoms. The molecule has 0 radical (unpaired) electrons. The number of imide groups is 1. The normalized spacial score (nSPS) is 14.1. The van der Waals surface area contributed by atoms with Crippen molar-refractivity contribution in [3.63, 3.8) is 0 Å². The number of benzene rings is 1. The van der Waals surface area contributed by atoms with Gasteiger partial charge < -0.3 is 0 Å². The fourth-order valence-corrected chi connectivity index (χ4v) is 3.82. The standard InChI is InChI=1S/C21H18N4O3S/c1-3-12(2)25-19(27)14-8-7-13(10-15(14)20(25)28)18(26)24-21-23-17(11-29-21)16-6-4-5-9-22-16/h4-12H,3H2,1-2H3,(H,23,24,26). The predicted molar refractivity (Wildman–Crippen MR) is 110 cm³/mol. The summed E-state index contributed by atoms with van der Waals surface area (Å²) in [6.45, 7) is 3.75. The minimum Gasteiger partial charge on any atom is -0.298 e. The first kappa shape index (κ1) is 18.9. The Morgan fingerprint density at radius 1 is 1.14 bits per heavy atom. The van der Waals surface area contributed by atoms with E-state index in [0.717, 1.165) is 5.69 Å². The maximum absolute atomic E-state index is 12.7. The van der Waals surface area contributed by atoms with E-state index in [2.05, 4.69) is 15.3 Å². The van der Waals surface area contributed by atoms with Crippen LogP contribution >= 0.6 is 11.3 Å². The van der Waals surface area contributed by atoms with Crippen LogP contribution in [0.25, 0.3) is 11.4 Å². The van der Waals surface area contributed by atoms with Gasteiger partial charge in [0.25, 0.3) is 17.7 Å². The van der Waals surface area contributed by atoms with Crippen LogP contribution in [0, 0.1) is 0 Å². The van der Waals surface area contributed by atoms with Crippen molar-refractivity contribution < 1.29 is 14.4 Å². The molecule has 3 amide bonds. The molecule has 1 atom stereocenters. The molecule has 0 aliphatic carbocycles. The predicted octanol–water partition coefficient (Wildman–Crippen LogP) is 3.85. The molecule has 146 valence electrons. The third-order valence-electron chi connectivity index (χ3n) is 4.86. The Hall–Kier alpha value is -3.39. The average molecular weight is 406 g/mol. The van der Waals surface area contributed by atoms with Gasteiger partial charge in [-0.2, -0.15) is 0 Å². The molecule has 29 heavy (non-hydrogen) atoms. The van der Waals surface area contributed by atoms with Gasteiger partial charge in [-0.05, 0) is 43.7 Å². The van der Waals surface area contributed by atoms with Crippen molar-refractivity contribution in [1.82, 2.24) is 14.9 Å². The first-order chi connectivity index (χ1) is 14.0. The van der Waals surface area contributed by atoms with Gasteiger partial charge >= 0.3 is 0 Å². The number of nitrogens with one attached hydrogen (secondary N) is 1. The minimum atomic E-state index is -0.392. The van der Waals surface area contributed by atoms with Gasteiger partial charge in [-0.1, -0.05) is 13.0 Å². The number of thiazole rings is 1. The smallest absolute Gasteiger partial charge is 0.261 e. The molecule has 1 aliphatic rings. The van der Waals surface area contributed by atoms with E-state index >= 15 is 0 Å². The molecule has 8 heteroatoms. The Labute approximate surface area is 171 Å². The lowest BCUT2D eigenvalue weighted by molar-refractivity contribution is 0.0593. The van der Waals surface area contributed by atoms with E-state index in [1.165, 1.54) is 28.4 Å². The molecule has 1 N–H and O–H groups in total. The van der Waals surface area contributed by atoms with Crippen molar-refractivity contribution in [3.8, 4) is 11.4 Å². The lowest BCUT2D eigenvalue weighted by Crippen LogP contribution is -2.37. The highest BCUT2D eigenvalue weighted by Crippen LogP contribution is 2.28. The van der Waals surface area contributed by atoms with Crippen LogP contribution in [0.3, 0.4) is 0 Å². The number of anilines is 1. The third-order valence-corrected chi connectivity index (χ3v) is 5.62. The van der Waals surface area contributed by atoms with E-state index in [1.807, 2.05) is 37.4 Å². The van der Waals surface area contributed by atoms with E-state index in [4.69, 9.17) is 0 Å². The van der Waals surface area contributed by atoms with Gasteiger partial charge in [-0.25, -0.2) is 4.98 Å². The number of carbonyl (C=O) groups is 3. The fraction of sp³-hybridized carbons (Fsp3) is 0.190. The van der Waals surface area contributed by atoms with Crippen molar-refractivity contribution in [1.29, 1.82) is 0 Å². The molecule has 7 nitrogen and oxygen atoms in total. The van der Waals surface area contributed by atoms with Gasteiger partial charge in [0.15, 0.2) is 5.13 Å². The lowest BCUT2D eigenvalue weighted by atomic mass is 10.1. The van der Waals surface area contributed by atoms with E-state index in [1.54, 1.807) is 12.3 Å². The number of fused-ring (bicyclic) bond motifs is 1. The Morgan fingerprint density at radius 3 is 2.66 bits per heavy atom. The Bertz CT molecular complexity index is 1110. The molecule has 1 aliphatic heterocycles. The van der Waals surface area contributed by atoms with E-state index in [0.29, 0.717) is 28.4 Å².